The molecular formula is C28H31Cl2N3O5S. The minimum Gasteiger partial charge on any atom is -0.495 e. The van der Waals surface area contributed by atoms with E-state index in [1.54, 1.807) is 75.4 Å². The number of anilines is 1. The molecule has 0 aliphatic rings. The van der Waals surface area contributed by atoms with Crippen molar-refractivity contribution in [2.24, 2.45) is 0 Å². The molecule has 0 radical (unpaired) electrons. The highest BCUT2D eigenvalue weighted by molar-refractivity contribution is 7.92. The van der Waals surface area contributed by atoms with Crippen LogP contribution < -0.4 is 14.4 Å². The van der Waals surface area contributed by atoms with E-state index in [4.69, 9.17) is 27.9 Å². The Morgan fingerprint density at radius 1 is 1.00 bits per heavy atom. The Balaban J connectivity index is 2.13. The highest BCUT2D eigenvalue weighted by atomic mass is 35.5. The fraction of sp³-hybridized carbons (Fsp3) is 0.286. The number of aryl methyl sites for hydroxylation is 1. The Kier molecular flexibility index (Phi) is 10.2. The first-order chi connectivity index (χ1) is 18.5. The van der Waals surface area contributed by atoms with Crippen LogP contribution in [0.4, 0.5) is 5.69 Å². The zero-order chi connectivity index (χ0) is 28.7. The lowest BCUT2D eigenvalue weighted by Gasteiger charge is -2.32. The number of hydrogen-bond donors (Lipinski definition) is 1. The van der Waals surface area contributed by atoms with Crippen LogP contribution in [-0.2, 0) is 26.2 Å². The summed E-state index contributed by atoms with van der Waals surface area (Å²) >= 11 is 12.8. The molecule has 11 heteroatoms. The maximum absolute atomic E-state index is 14.0. The van der Waals surface area contributed by atoms with E-state index < -0.39 is 34.4 Å². The van der Waals surface area contributed by atoms with Crippen molar-refractivity contribution in [3.05, 3.63) is 87.9 Å². The minimum absolute atomic E-state index is 0.00108. The summed E-state index contributed by atoms with van der Waals surface area (Å²) in [6.07, 6.45) is 0. The van der Waals surface area contributed by atoms with Gasteiger partial charge in [-0.05, 0) is 62.7 Å². The second-order valence-electron chi connectivity index (χ2n) is 8.79. The Bertz CT molecular complexity index is 1410. The summed E-state index contributed by atoms with van der Waals surface area (Å²) in [5.74, 6) is -0.766. The molecule has 0 bridgehead atoms. The van der Waals surface area contributed by atoms with Crippen molar-refractivity contribution in [3.8, 4) is 5.75 Å². The lowest BCUT2D eigenvalue weighted by molar-refractivity contribution is -0.139. The quantitative estimate of drug-likeness (QED) is 0.336. The van der Waals surface area contributed by atoms with Gasteiger partial charge in [-0.3, -0.25) is 13.9 Å². The molecule has 0 aliphatic carbocycles. The van der Waals surface area contributed by atoms with Gasteiger partial charge in [-0.25, -0.2) is 8.42 Å². The van der Waals surface area contributed by atoms with Gasteiger partial charge in [-0.2, -0.15) is 0 Å². The fourth-order valence-electron chi connectivity index (χ4n) is 3.99. The van der Waals surface area contributed by atoms with E-state index in [0.717, 1.165) is 9.87 Å². The molecule has 0 heterocycles. The Morgan fingerprint density at radius 3 is 2.23 bits per heavy atom. The summed E-state index contributed by atoms with van der Waals surface area (Å²) < 4.78 is 34.3. The molecule has 0 saturated heterocycles. The lowest BCUT2D eigenvalue weighted by Crippen LogP contribution is -2.51. The van der Waals surface area contributed by atoms with Crippen molar-refractivity contribution in [2.45, 2.75) is 38.3 Å². The van der Waals surface area contributed by atoms with E-state index >= 15 is 0 Å². The molecule has 1 atom stereocenters. The summed E-state index contributed by atoms with van der Waals surface area (Å²) in [7, 11) is -2.80. The van der Waals surface area contributed by atoms with E-state index in [0.29, 0.717) is 22.2 Å². The Labute approximate surface area is 239 Å². The molecule has 2 amide bonds. The monoisotopic (exact) mass is 591 g/mol. The van der Waals surface area contributed by atoms with Crippen molar-refractivity contribution in [3.63, 3.8) is 0 Å². The van der Waals surface area contributed by atoms with Gasteiger partial charge in [0.25, 0.3) is 10.0 Å². The SMILES string of the molecule is CCNC(=O)C(C)N(Cc1c(Cl)cccc1Cl)C(=O)CN(c1cc(C)ccc1OC)S(=O)(=O)c1ccccc1. The number of nitrogens with zero attached hydrogens (tertiary/aromatic N) is 2. The van der Waals surface area contributed by atoms with E-state index in [1.807, 2.05) is 0 Å². The number of rotatable bonds is 11. The molecule has 0 spiro atoms. The molecule has 0 aliphatic heterocycles. The summed E-state index contributed by atoms with van der Waals surface area (Å²) in [4.78, 5) is 28.1. The number of methoxy groups -OCH3 is 1. The van der Waals surface area contributed by atoms with Gasteiger partial charge in [0.2, 0.25) is 11.8 Å². The number of carbonyl (C=O) groups excluding carboxylic acids is 2. The number of benzene rings is 3. The Morgan fingerprint density at radius 2 is 1.64 bits per heavy atom. The molecule has 1 N–H and O–H groups in total. The second kappa shape index (κ2) is 13.2. The normalized spacial score (nSPS) is 11.9. The maximum Gasteiger partial charge on any atom is 0.264 e. The molecule has 1 unspecified atom stereocenters. The van der Waals surface area contributed by atoms with Crippen LogP contribution in [0, 0.1) is 6.92 Å². The first kappa shape index (κ1) is 30.3. The molecule has 3 aromatic carbocycles. The molecule has 3 aromatic rings. The third kappa shape index (κ3) is 7.03. The van der Waals surface area contributed by atoms with Crippen LogP contribution in [0.3, 0.4) is 0 Å². The number of nitrogens with one attached hydrogen (secondary N) is 1. The van der Waals surface area contributed by atoms with E-state index in [9.17, 15) is 18.0 Å². The number of carbonyl (C=O) groups is 2. The molecule has 0 fully saturated rings. The van der Waals surface area contributed by atoms with Crippen LogP contribution in [-0.4, -0.2) is 51.4 Å². The van der Waals surface area contributed by atoms with Crippen LogP contribution in [0.25, 0.3) is 0 Å². The van der Waals surface area contributed by atoms with Gasteiger partial charge in [0, 0.05) is 28.7 Å². The topological polar surface area (TPSA) is 96.0 Å². The summed E-state index contributed by atoms with van der Waals surface area (Å²) in [6.45, 7) is 4.77. The number of likely N-dealkylation sites (N-methyl/N-ethyl adjacent to an activating group) is 1. The van der Waals surface area contributed by atoms with Crippen molar-refractivity contribution >= 4 is 50.7 Å². The van der Waals surface area contributed by atoms with Crippen LogP contribution >= 0.6 is 23.2 Å². The average Bonchev–Trinajstić information content (AvgIpc) is 2.91. The van der Waals surface area contributed by atoms with Gasteiger partial charge >= 0.3 is 0 Å². The molecule has 0 saturated carbocycles. The van der Waals surface area contributed by atoms with Crippen molar-refractivity contribution in [2.75, 3.05) is 24.5 Å². The van der Waals surface area contributed by atoms with Crippen LogP contribution in [0.5, 0.6) is 5.75 Å². The molecule has 39 heavy (non-hydrogen) atoms. The van der Waals surface area contributed by atoms with Gasteiger partial charge in [-0.1, -0.05) is 53.5 Å². The van der Waals surface area contributed by atoms with Gasteiger partial charge in [-0.15, -0.1) is 0 Å². The van der Waals surface area contributed by atoms with E-state index in [2.05, 4.69) is 5.32 Å². The van der Waals surface area contributed by atoms with Crippen molar-refractivity contribution < 1.29 is 22.7 Å². The third-order valence-corrected chi connectivity index (χ3v) is 8.60. The summed E-state index contributed by atoms with van der Waals surface area (Å²) in [6, 6.07) is 16.8. The number of hydrogen-bond acceptors (Lipinski definition) is 5. The highest BCUT2D eigenvalue weighted by Crippen LogP contribution is 2.34. The van der Waals surface area contributed by atoms with Crippen molar-refractivity contribution in [1.82, 2.24) is 10.2 Å². The van der Waals surface area contributed by atoms with Crippen LogP contribution in [0.15, 0.2) is 71.6 Å². The number of halogens is 2. The standard InChI is InChI=1S/C28H31Cl2N3O5S/c1-5-31-28(35)20(3)32(17-22-23(29)12-9-13-24(22)30)27(34)18-33(25-16-19(2)14-15-26(25)38-4)39(36,37)21-10-7-6-8-11-21/h6-16,20H,5,17-18H2,1-4H3,(H,31,35). The lowest BCUT2D eigenvalue weighted by atomic mass is 10.1. The van der Waals surface area contributed by atoms with Gasteiger partial charge in [0.05, 0.1) is 17.7 Å². The minimum atomic E-state index is -4.22. The number of ether oxygens (including phenoxy) is 1. The number of sulfonamides is 1. The predicted molar refractivity (Wildman–Crippen MR) is 154 cm³/mol. The van der Waals surface area contributed by atoms with E-state index in [1.165, 1.54) is 24.1 Å². The first-order valence-electron chi connectivity index (χ1n) is 12.2. The maximum atomic E-state index is 14.0. The van der Waals surface area contributed by atoms with Crippen LogP contribution in [0.2, 0.25) is 10.0 Å². The van der Waals surface area contributed by atoms with Crippen molar-refractivity contribution in [1.29, 1.82) is 0 Å². The number of amides is 2. The third-order valence-electron chi connectivity index (χ3n) is 6.12. The smallest absolute Gasteiger partial charge is 0.264 e. The predicted octanol–water partition coefficient (Wildman–Crippen LogP) is 5.06. The van der Waals surface area contributed by atoms with Gasteiger partial charge in [0.15, 0.2) is 0 Å². The highest BCUT2D eigenvalue weighted by Gasteiger charge is 2.34. The largest absolute Gasteiger partial charge is 0.495 e. The summed E-state index contributed by atoms with van der Waals surface area (Å²) in [5.41, 5.74) is 1.40. The Hall–Kier alpha value is -3.27. The zero-order valence-corrected chi connectivity index (χ0v) is 24.5. The first-order valence-corrected chi connectivity index (χ1v) is 14.4. The molecule has 0 aromatic heterocycles. The van der Waals surface area contributed by atoms with Crippen LogP contribution in [0.1, 0.15) is 25.0 Å². The average molecular weight is 593 g/mol. The van der Waals surface area contributed by atoms with Gasteiger partial charge in [0.1, 0.15) is 18.3 Å². The second-order valence-corrected chi connectivity index (χ2v) is 11.5. The zero-order valence-electron chi connectivity index (χ0n) is 22.1. The molecule has 208 valence electrons. The van der Waals surface area contributed by atoms with Gasteiger partial charge < -0.3 is 15.0 Å². The van der Waals surface area contributed by atoms with E-state index in [-0.39, 0.29) is 22.9 Å². The molecule has 8 nitrogen and oxygen atoms in total. The molecule has 3 rings (SSSR count). The fourth-order valence-corrected chi connectivity index (χ4v) is 5.94. The summed E-state index contributed by atoms with van der Waals surface area (Å²) in [5, 5.41) is 3.35. The molecular weight excluding hydrogens is 561 g/mol.